The Kier molecular flexibility index (Phi) is 5.23. The average Bonchev–Trinajstić information content (AvgIpc) is 2.75. The summed E-state index contributed by atoms with van der Waals surface area (Å²) in [5.41, 5.74) is 1.55. The van der Waals surface area contributed by atoms with Crippen molar-refractivity contribution < 1.29 is 9.13 Å². The number of piperazine rings is 1. The highest BCUT2D eigenvalue weighted by atomic mass is 19.1. The summed E-state index contributed by atoms with van der Waals surface area (Å²) in [5.74, 6) is 2.18. The molecule has 0 bridgehead atoms. The number of anilines is 4. The minimum Gasteiger partial charge on any atom is -0.497 e. The Morgan fingerprint density at radius 1 is 0.929 bits per heavy atom. The van der Waals surface area contributed by atoms with E-state index in [0.29, 0.717) is 5.69 Å². The zero-order chi connectivity index (χ0) is 19.3. The van der Waals surface area contributed by atoms with Gasteiger partial charge in [0.15, 0.2) is 0 Å². The van der Waals surface area contributed by atoms with Crippen molar-refractivity contribution in [3.8, 4) is 5.75 Å². The third-order valence-electron chi connectivity index (χ3n) is 4.79. The number of para-hydroxylation sites is 1. The highest BCUT2D eigenvalue weighted by molar-refractivity contribution is 5.61. The van der Waals surface area contributed by atoms with Crippen LogP contribution in [0.5, 0.6) is 5.75 Å². The molecule has 4 rings (SSSR count). The second kappa shape index (κ2) is 8.12. The lowest BCUT2D eigenvalue weighted by molar-refractivity contribution is 0.415. The van der Waals surface area contributed by atoms with Gasteiger partial charge in [-0.05, 0) is 24.3 Å². The maximum Gasteiger partial charge on any atom is 0.146 e. The van der Waals surface area contributed by atoms with Crippen LogP contribution in [0.4, 0.5) is 27.4 Å². The normalized spacial score (nSPS) is 14.1. The Morgan fingerprint density at radius 3 is 2.50 bits per heavy atom. The summed E-state index contributed by atoms with van der Waals surface area (Å²) in [6.45, 7) is 3.01. The lowest BCUT2D eigenvalue weighted by Crippen LogP contribution is -2.47. The molecule has 0 spiro atoms. The molecular formula is C21H22FN5O. The first-order valence-corrected chi connectivity index (χ1v) is 9.20. The van der Waals surface area contributed by atoms with Crippen molar-refractivity contribution in [1.29, 1.82) is 0 Å². The molecule has 1 aliphatic heterocycles. The number of methoxy groups -OCH3 is 1. The molecule has 1 N–H and O–H groups in total. The fourth-order valence-corrected chi connectivity index (χ4v) is 3.32. The van der Waals surface area contributed by atoms with Crippen molar-refractivity contribution in [2.45, 2.75) is 0 Å². The lowest BCUT2D eigenvalue weighted by atomic mass is 10.2. The van der Waals surface area contributed by atoms with E-state index in [1.165, 1.54) is 6.07 Å². The number of halogens is 1. The number of hydrogen-bond donors (Lipinski definition) is 1. The number of hydrogen-bond acceptors (Lipinski definition) is 6. The highest BCUT2D eigenvalue weighted by Gasteiger charge is 2.20. The predicted molar refractivity (Wildman–Crippen MR) is 109 cm³/mol. The molecule has 0 amide bonds. The smallest absolute Gasteiger partial charge is 0.146 e. The van der Waals surface area contributed by atoms with Crippen LogP contribution in [0.25, 0.3) is 0 Å². The van der Waals surface area contributed by atoms with Gasteiger partial charge in [0, 0.05) is 44.0 Å². The van der Waals surface area contributed by atoms with Gasteiger partial charge in [0.05, 0.1) is 12.8 Å². The first-order chi connectivity index (χ1) is 13.7. The minimum atomic E-state index is -0.178. The number of nitrogens with zero attached hydrogens (tertiary/aromatic N) is 4. The van der Waals surface area contributed by atoms with Crippen LogP contribution >= 0.6 is 0 Å². The van der Waals surface area contributed by atoms with Crippen molar-refractivity contribution in [3.05, 3.63) is 66.7 Å². The molecular weight excluding hydrogens is 357 g/mol. The summed E-state index contributed by atoms with van der Waals surface area (Å²) < 4.78 is 19.3. The third kappa shape index (κ3) is 3.98. The summed E-state index contributed by atoms with van der Waals surface area (Å²) in [7, 11) is 1.64. The van der Waals surface area contributed by atoms with E-state index in [0.717, 1.165) is 49.3 Å². The first kappa shape index (κ1) is 18.0. The van der Waals surface area contributed by atoms with Gasteiger partial charge in [0.25, 0.3) is 0 Å². The fourth-order valence-electron chi connectivity index (χ4n) is 3.32. The quantitative estimate of drug-likeness (QED) is 0.730. The van der Waals surface area contributed by atoms with E-state index in [9.17, 15) is 4.39 Å². The molecule has 2 heterocycles. The van der Waals surface area contributed by atoms with E-state index >= 15 is 0 Å². The molecule has 144 valence electrons. The Balaban J connectivity index is 1.43. The van der Waals surface area contributed by atoms with E-state index in [1.807, 2.05) is 42.5 Å². The lowest BCUT2D eigenvalue weighted by Gasteiger charge is -2.36. The van der Waals surface area contributed by atoms with Gasteiger partial charge >= 0.3 is 0 Å². The van der Waals surface area contributed by atoms with Crippen molar-refractivity contribution in [2.75, 3.05) is 48.4 Å². The molecule has 0 aliphatic carbocycles. The monoisotopic (exact) mass is 379 g/mol. The van der Waals surface area contributed by atoms with Gasteiger partial charge in [0.2, 0.25) is 0 Å². The summed E-state index contributed by atoms with van der Waals surface area (Å²) in [6.07, 6.45) is 1.56. The van der Waals surface area contributed by atoms with Crippen molar-refractivity contribution >= 4 is 23.0 Å². The van der Waals surface area contributed by atoms with E-state index in [4.69, 9.17) is 4.74 Å². The van der Waals surface area contributed by atoms with Crippen LogP contribution in [0.1, 0.15) is 0 Å². The van der Waals surface area contributed by atoms with Gasteiger partial charge in [-0.2, -0.15) is 0 Å². The number of benzene rings is 2. The SMILES string of the molecule is COc1cccc(Nc2cc(N3CCN(c4ccccc4F)CC3)ncn2)c1. The predicted octanol–water partition coefficient (Wildman–Crippen LogP) is 3.69. The van der Waals surface area contributed by atoms with Crippen LogP contribution in [0.3, 0.4) is 0 Å². The van der Waals surface area contributed by atoms with Crippen LogP contribution in [-0.4, -0.2) is 43.3 Å². The number of nitrogens with one attached hydrogen (secondary N) is 1. The topological polar surface area (TPSA) is 53.5 Å². The highest BCUT2D eigenvalue weighted by Crippen LogP contribution is 2.24. The zero-order valence-electron chi connectivity index (χ0n) is 15.7. The molecule has 1 aromatic heterocycles. The standard InChI is InChI=1S/C21H22FN5O/c1-28-17-6-4-5-16(13-17)25-20-14-21(24-15-23-20)27-11-9-26(10-12-27)19-8-3-2-7-18(19)22/h2-8,13-15H,9-12H2,1H3,(H,23,24,25). The molecule has 6 nitrogen and oxygen atoms in total. The Morgan fingerprint density at radius 2 is 1.71 bits per heavy atom. The molecule has 7 heteroatoms. The van der Waals surface area contributed by atoms with Gasteiger partial charge < -0.3 is 19.9 Å². The average molecular weight is 379 g/mol. The Hall–Kier alpha value is -3.35. The number of ether oxygens (including phenoxy) is 1. The summed E-state index contributed by atoms with van der Waals surface area (Å²) >= 11 is 0. The molecule has 2 aromatic carbocycles. The van der Waals surface area contributed by atoms with Crippen LogP contribution in [0, 0.1) is 5.82 Å². The zero-order valence-corrected chi connectivity index (χ0v) is 15.7. The Labute approximate surface area is 163 Å². The van der Waals surface area contributed by atoms with E-state index in [1.54, 1.807) is 19.5 Å². The van der Waals surface area contributed by atoms with Gasteiger partial charge in [-0.15, -0.1) is 0 Å². The van der Waals surface area contributed by atoms with E-state index in [-0.39, 0.29) is 5.82 Å². The van der Waals surface area contributed by atoms with Crippen molar-refractivity contribution in [3.63, 3.8) is 0 Å². The maximum atomic E-state index is 14.0. The fraction of sp³-hybridized carbons (Fsp3) is 0.238. The van der Waals surface area contributed by atoms with Gasteiger partial charge in [-0.3, -0.25) is 0 Å². The number of aromatic nitrogens is 2. The van der Waals surface area contributed by atoms with Crippen molar-refractivity contribution in [2.24, 2.45) is 0 Å². The molecule has 1 fully saturated rings. The molecule has 0 atom stereocenters. The molecule has 0 saturated carbocycles. The molecule has 1 aliphatic rings. The van der Waals surface area contributed by atoms with E-state index in [2.05, 4.69) is 25.1 Å². The minimum absolute atomic E-state index is 0.178. The van der Waals surface area contributed by atoms with Crippen LogP contribution in [-0.2, 0) is 0 Å². The van der Waals surface area contributed by atoms with Crippen LogP contribution in [0.2, 0.25) is 0 Å². The number of rotatable bonds is 5. The molecule has 28 heavy (non-hydrogen) atoms. The third-order valence-corrected chi connectivity index (χ3v) is 4.79. The second-order valence-corrected chi connectivity index (χ2v) is 6.54. The largest absolute Gasteiger partial charge is 0.497 e. The summed E-state index contributed by atoms with van der Waals surface area (Å²) in [6, 6.07) is 16.5. The maximum absolute atomic E-state index is 14.0. The van der Waals surface area contributed by atoms with Gasteiger partial charge in [-0.1, -0.05) is 18.2 Å². The molecule has 0 radical (unpaired) electrons. The van der Waals surface area contributed by atoms with Crippen LogP contribution in [0.15, 0.2) is 60.9 Å². The molecule has 1 saturated heterocycles. The summed E-state index contributed by atoms with van der Waals surface area (Å²) in [4.78, 5) is 13.0. The Bertz CT molecular complexity index is 943. The van der Waals surface area contributed by atoms with Gasteiger partial charge in [0.1, 0.15) is 29.5 Å². The molecule has 3 aromatic rings. The summed E-state index contributed by atoms with van der Waals surface area (Å²) in [5, 5.41) is 3.28. The van der Waals surface area contributed by atoms with Gasteiger partial charge in [-0.25, -0.2) is 14.4 Å². The second-order valence-electron chi connectivity index (χ2n) is 6.54. The van der Waals surface area contributed by atoms with E-state index < -0.39 is 0 Å². The molecule has 0 unspecified atom stereocenters. The van der Waals surface area contributed by atoms with Crippen LogP contribution < -0.4 is 19.9 Å². The first-order valence-electron chi connectivity index (χ1n) is 9.20. The van der Waals surface area contributed by atoms with Crippen molar-refractivity contribution in [1.82, 2.24) is 9.97 Å².